The zero-order valence-electron chi connectivity index (χ0n) is 8.33. The molecule has 0 amide bonds. The number of rotatable bonds is 2. The Kier molecular flexibility index (Phi) is 2.92. The molecule has 1 aliphatic carbocycles. The third-order valence-electron chi connectivity index (χ3n) is 2.76. The molecule has 1 heterocycles. The number of pyridine rings is 1. The van der Waals surface area contributed by atoms with E-state index in [1.165, 1.54) is 19.3 Å². The minimum atomic E-state index is 0.557. The Bertz CT molecular complexity index is 314. The Morgan fingerprint density at radius 1 is 1.43 bits per heavy atom. The minimum absolute atomic E-state index is 0.557. The van der Waals surface area contributed by atoms with Crippen molar-refractivity contribution < 1.29 is 0 Å². The van der Waals surface area contributed by atoms with Crippen LogP contribution >= 0.6 is 11.6 Å². The lowest BCUT2D eigenvalue weighted by molar-refractivity contribution is 0.602. The summed E-state index contributed by atoms with van der Waals surface area (Å²) >= 11 is 5.81. The van der Waals surface area contributed by atoms with E-state index in [1.54, 1.807) is 6.07 Å². The molecule has 1 aromatic rings. The molecule has 0 bridgehead atoms. The van der Waals surface area contributed by atoms with Crippen molar-refractivity contribution >= 4 is 17.4 Å². The Hall–Kier alpha value is -0.760. The summed E-state index contributed by atoms with van der Waals surface area (Å²) in [5.41, 5.74) is 0. The summed E-state index contributed by atoms with van der Waals surface area (Å²) in [6.07, 6.45) is 3.81. The van der Waals surface area contributed by atoms with Crippen molar-refractivity contribution in [2.24, 2.45) is 5.92 Å². The second kappa shape index (κ2) is 4.18. The molecule has 1 saturated carbocycles. The standard InChI is InChI=1S/C11H15ClN2/c1-8-5-6-9(7-8)13-11-4-2-3-10(12)14-11/h2-4,8-9H,5-7H2,1H3,(H,13,14). The van der Waals surface area contributed by atoms with E-state index in [0.29, 0.717) is 11.2 Å². The van der Waals surface area contributed by atoms with Crippen LogP contribution in [0.25, 0.3) is 0 Å². The van der Waals surface area contributed by atoms with E-state index in [9.17, 15) is 0 Å². The summed E-state index contributed by atoms with van der Waals surface area (Å²) in [5.74, 6) is 1.74. The normalized spacial score (nSPS) is 26.4. The fraction of sp³-hybridized carbons (Fsp3) is 0.545. The van der Waals surface area contributed by atoms with Gasteiger partial charge in [0.15, 0.2) is 0 Å². The van der Waals surface area contributed by atoms with E-state index in [1.807, 2.05) is 12.1 Å². The molecule has 0 radical (unpaired) electrons. The number of hydrogen-bond acceptors (Lipinski definition) is 2. The van der Waals surface area contributed by atoms with Crippen molar-refractivity contribution in [2.75, 3.05) is 5.32 Å². The summed E-state index contributed by atoms with van der Waals surface area (Å²) in [4.78, 5) is 4.22. The maximum absolute atomic E-state index is 5.81. The Morgan fingerprint density at radius 2 is 2.29 bits per heavy atom. The molecule has 76 valence electrons. The van der Waals surface area contributed by atoms with Gasteiger partial charge in [0, 0.05) is 6.04 Å². The number of nitrogens with one attached hydrogen (secondary N) is 1. The average molecular weight is 211 g/mol. The Labute approximate surface area is 89.7 Å². The van der Waals surface area contributed by atoms with Crippen molar-refractivity contribution in [1.29, 1.82) is 0 Å². The summed E-state index contributed by atoms with van der Waals surface area (Å²) < 4.78 is 0. The molecule has 2 rings (SSSR count). The molecule has 1 N–H and O–H groups in total. The van der Waals surface area contributed by atoms with Crippen molar-refractivity contribution in [2.45, 2.75) is 32.2 Å². The molecule has 1 aromatic heterocycles. The van der Waals surface area contributed by atoms with E-state index >= 15 is 0 Å². The largest absolute Gasteiger partial charge is 0.367 e. The van der Waals surface area contributed by atoms with Gasteiger partial charge in [-0.3, -0.25) is 0 Å². The van der Waals surface area contributed by atoms with Gasteiger partial charge in [-0.25, -0.2) is 4.98 Å². The van der Waals surface area contributed by atoms with Crippen LogP contribution in [-0.2, 0) is 0 Å². The van der Waals surface area contributed by atoms with Crippen LogP contribution in [0.5, 0.6) is 0 Å². The van der Waals surface area contributed by atoms with Crippen molar-refractivity contribution in [3.8, 4) is 0 Å². The minimum Gasteiger partial charge on any atom is -0.367 e. The fourth-order valence-corrected chi connectivity index (χ4v) is 2.20. The molecular weight excluding hydrogens is 196 g/mol. The van der Waals surface area contributed by atoms with Gasteiger partial charge in [-0.05, 0) is 37.3 Å². The van der Waals surface area contributed by atoms with Gasteiger partial charge in [0.05, 0.1) is 0 Å². The topological polar surface area (TPSA) is 24.9 Å². The van der Waals surface area contributed by atoms with Crippen molar-refractivity contribution in [1.82, 2.24) is 4.98 Å². The lowest BCUT2D eigenvalue weighted by Gasteiger charge is -2.12. The Balaban J connectivity index is 1.97. The number of anilines is 1. The van der Waals surface area contributed by atoms with E-state index in [-0.39, 0.29) is 0 Å². The highest BCUT2D eigenvalue weighted by Crippen LogP contribution is 2.27. The van der Waals surface area contributed by atoms with Gasteiger partial charge >= 0.3 is 0 Å². The predicted molar refractivity (Wildman–Crippen MR) is 59.7 cm³/mol. The zero-order chi connectivity index (χ0) is 9.97. The molecule has 0 spiro atoms. The summed E-state index contributed by atoms with van der Waals surface area (Å²) in [6, 6.07) is 6.27. The van der Waals surface area contributed by atoms with Gasteiger partial charge in [0.25, 0.3) is 0 Å². The first-order valence-corrected chi connectivity index (χ1v) is 5.51. The maximum atomic E-state index is 5.81. The molecular formula is C11H15ClN2. The van der Waals surface area contributed by atoms with Crippen LogP contribution in [0.4, 0.5) is 5.82 Å². The van der Waals surface area contributed by atoms with Crippen LogP contribution < -0.4 is 5.32 Å². The first kappa shape index (κ1) is 9.78. The zero-order valence-corrected chi connectivity index (χ0v) is 9.09. The quantitative estimate of drug-likeness (QED) is 0.758. The van der Waals surface area contributed by atoms with Gasteiger partial charge < -0.3 is 5.32 Å². The van der Waals surface area contributed by atoms with E-state index in [2.05, 4.69) is 17.2 Å². The summed E-state index contributed by atoms with van der Waals surface area (Å²) in [7, 11) is 0. The van der Waals surface area contributed by atoms with Crippen LogP contribution in [0, 0.1) is 5.92 Å². The first-order valence-electron chi connectivity index (χ1n) is 5.13. The molecule has 1 aliphatic rings. The van der Waals surface area contributed by atoms with Crippen LogP contribution in [-0.4, -0.2) is 11.0 Å². The number of nitrogens with zero attached hydrogens (tertiary/aromatic N) is 1. The highest BCUT2D eigenvalue weighted by Gasteiger charge is 2.21. The maximum Gasteiger partial charge on any atom is 0.131 e. The summed E-state index contributed by atoms with van der Waals surface area (Å²) in [5, 5.41) is 3.97. The summed E-state index contributed by atoms with van der Waals surface area (Å²) in [6.45, 7) is 2.30. The Morgan fingerprint density at radius 3 is 2.93 bits per heavy atom. The average Bonchev–Trinajstić information content (AvgIpc) is 2.51. The second-order valence-corrected chi connectivity index (χ2v) is 4.49. The molecule has 2 nitrogen and oxygen atoms in total. The van der Waals surface area contributed by atoms with Gasteiger partial charge in [-0.15, -0.1) is 0 Å². The van der Waals surface area contributed by atoms with Crippen LogP contribution in [0.1, 0.15) is 26.2 Å². The van der Waals surface area contributed by atoms with Crippen molar-refractivity contribution in [3.63, 3.8) is 0 Å². The molecule has 0 aromatic carbocycles. The van der Waals surface area contributed by atoms with E-state index < -0.39 is 0 Å². The molecule has 0 saturated heterocycles. The first-order chi connectivity index (χ1) is 6.74. The molecule has 0 aliphatic heterocycles. The number of aromatic nitrogens is 1. The SMILES string of the molecule is CC1CCC(Nc2cccc(Cl)n2)C1. The third-order valence-corrected chi connectivity index (χ3v) is 2.97. The molecule has 14 heavy (non-hydrogen) atoms. The number of hydrogen-bond donors (Lipinski definition) is 1. The fourth-order valence-electron chi connectivity index (χ4n) is 2.04. The second-order valence-electron chi connectivity index (χ2n) is 4.11. The highest BCUT2D eigenvalue weighted by molar-refractivity contribution is 6.29. The number of halogens is 1. The van der Waals surface area contributed by atoms with Crippen LogP contribution in [0.15, 0.2) is 18.2 Å². The van der Waals surface area contributed by atoms with Gasteiger partial charge in [-0.1, -0.05) is 24.6 Å². The van der Waals surface area contributed by atoms with E-state index in [4.69, 9.17) is 11.6 Å². The van der Waals surface area contributed by atoms with Crippen LogP contribution in [0.2, 0.25) is 5.15 Å². The molecule has 2 atom stereocenters. The smallest absolute Gasteiger partial charge is 0.131 e. The van der Waals surface area contributed by atoms with Crippen LogP contribution in [0.3, 0.4) is 0 Å². The van der Waals surface area contributed by atoms with Gasteiger partial charge in [0.1, 0.15) is 11.0 Å². The third kappa shape index (κ3) is 2.38. The van der Waals surface area contributed by atoms with E-state index in [0.717, 1.165) is 11.7 Å². The molecule has 2 unspecified atom stereocenters. The van der Waals surface area contributed by atoms with Gasteiger partial charge in [-0.2, -0.15) is 0 Å². The lowest BCUT2D eigenvalue weighted by Crippen LogP contribution is -2.16. The van der Waals surface area contributed by atoms with Crippen molar-refractivity contribution in [3.05, 3.63) is 23.4 Å². The lowest BCUT2D eigenvalue weighted by atomic mass is 10.1. The molecule has 1 fully saturated rings. The van der Waals surface area contributed by atoms with Gasteiger partial charge in [0.2, 0.25) is 0 Å². The monoisotopic (exact) mass is 210 g/mol. The predicted octanol–water partition coefficient (Wildman–Crippen LogP) is 3.34. The molecule has 3 heteroatoms. The highest BCUT2D eigenvalue weighted by atomic mass is 35.5.